The second kappa shape index (κ2) is 13.6. The molecule has 0 aliphatic rings. The van der Waals surface area contributed by atoms with E-state index in [-0.39, 0.29) is 19.1 Å². The zero-order chi connectivity index (χ0) is 30.3. The van der Waals surface area contributed by atoms with Gasteiger partial charge in [0.2, 0.25) is 5.91 Å². The Kier molecular flexibility index (Phi) is 10.5. The summed E-state index contributed by atoms with van der Waals surface area (Å²) in [4.78, 5) is 42.3. The highest BCUT2D eigenvalue weighted by Gasteiger charge is 2.37. The van der Waals surface area contributed by atoms with E-state index in [0.717, 1.165) is 21.9 Å². The summed E-state index contributed by atoms with van der Waals surface area (Å²) in [7, 11) is 0. The number of rotatable bonds is 10. The van der Waals surface area contributed by atoms with Crippen LogP contribution in [0.25, 0.3) is 10.8 Å². The van der Waals surface area contributed by atoms with Crippen LogP contribution in [0.5, 0.6) is 0 Å². The summed E-state index contributed by atoms with van der Waals surface area (Å²) in [5.74, 6) is -0.840. The topological polar surface area (TPSA) is 108 Å². The minimum Gasteiger partial charge on any atom is -0.444 e. The van der Waals surface area contributed by atoms with Gasteiger partial charge in [0.15, 0.2) is 0 Å². The van der Waals surface area contributed by atoms with E-state index >= 15 is 0 Å². The number of carbonyl (C=O) groups is 3. The Bertz CT molecular complexity index is 1380. The minimum atomic E-state index is -1.06. The van der Waals surface area contributed by atoms with E-state index in [9.17, 15) is 19.5 Å². The molecular weight excluding hydrogens is 518 g/mol. The molecule has 0 radical (unpaired) electrons. The number of anilines is 1. The summed E-state index contributed by atoms with van der Waals surface area (Å²) >= 11 is 0. The number of aliphatic hydroxyl groups excluding tert-OH is 1. The number of carbonyl (C=O) groups excluding carboxylic acids is 3. The standard InChI is InChI=1S/C33H43N3O5/c1-21(2)18-28(35-32(40)41-33(5,6)7)31(39)36(16-17-37)29(27-15-12-22(3)19-23(27)4)30(38)34-26-14-13-24-10-8-9-11-25(24)20-26/h8-15,19-21,28-29,37H,16-18H2,1-7H3,(H,34,38)(H,35,40). The predicted octanol–water partition coefficient (Wildman–Crippen LogP) is 5.90. The SMILES string of the molecule is Cc1ccc(C(C(=O)Nc2ccc3ccccc3c2)N(CCO)C(=O)C(CC(C)C)NC(=O)OC(C)(C)C)c(C)c1. The molecule has 2 atom stereocenters. The highest BCUT2D eigenvalue weighted by Crippen LogP contribution is 2.29. The van der Waals surface area contributed by atoms with Gasteiger partial charge >= 0.3 is 6.09 Å². The van der Waals surface area contributed by atoms with Crippen LogP contribution >= 0.6 is 0 Å². The average molecular weight is 562 g/mol. The summed E-state index contributed by atoms with van der Waals surface area (Å²) in [5.41, 5.74) is 2.33. The first-order valence-corrected chi connectivity index (χ1v) is 14.1. The van der Waals surface area contributed by atoms with Crippen molar-refractivity contribution in [3.8, 4) is 0 Å². The van der Waals surface area contributed by atoms with Crippen LogP contribution in [0.4, 0.5) is 10.5 Å². The Balaban J connectivity index is 2.04. The number of hydrogen-bond acceptors (Lipinski definition) is 5. The first-order valence-electron chi connectivity index (χ1n) is 14.1. The maximum Gasteiger partial charge on any atom is 0.408 e. The number of ether oxygens (including phenoxy) is 1. The predicted molar refractivity (Wildman–Crippen MR) is 163 cm³/mol. The van der Waals surface area contributed by atoms with Gasteiger partial charge in [0.25, 0.3) is 5.91 Å². The van der Waals surface area contributed by atoms with Gasteiger partial charge in [-0.25, -0.2) is 4.79 Å². The minimum absolute atomic E-state index is 0.0563. The zero-order valence-electron chi connectivity index (χ0n) is 25.2. The van der Waals surface area contributed by atoms with Crippen molar-refractivity contribution in [2.45, 2.75) is 72.6 Å². The highest BCUT2D eigenvalue weighted by atomic mass is 16.6. The smallest absolute Gasteiger partial charge is 0.408 e. The van der Waals surface area contributed by atoms with E-state index < -0.39 is 35.6 Å². The molecule has 0 aliphatic carbocycles. The second-order valence-corrected chi connectivity index (χ2v) is 11.9. The summed E-state index contributed by atoms with van der Waals surface area (Å²) < 4.78 is 5.43. The molecule has 41 heavy (non-hydrogen) atoms. The summed E-state index contributed by atoms with van der Waals surface area (Å²) in [6, 6.07) is 17.1. The Morgan fingerprint density at radius 3 is 2.24 bits per heavy atom. The van der Waals surface area contributed by atoms with Gasteiger partial charge in [0.1, 0.15) is 17.7 Å². The molecule has 3 amide bonds. The molecule has 0 heterocycles. The molecule has 0 aliphatic heterocycles. The Hall–Kier alpha value is -3.91. The highest BCUT2D eigenvalue weighted by molar-refractivity contribution is 6.00. The molecule has 2 unspecified atom stereocenters. The van der Waals surface area contributed by atoms with Crippen molar-refractivity contribution >= 4 is 34.4 Å². The molecule has 0 saturated heterocycles. The van der Waals surface area contributed by atoms with Crippen LogP contribution in [0.2, 0.25) is 0 Å². The van der Waals surface area contributed by atoms with Crippen molar-refractivity contribution in [1.82, 2.24) is 10.2 Å². The van der Waals surface area contributed by atoms with Crippen molar-refractivity contribution in [1.29, 1.82) is 0 Å². The Morgan fingerprint density at radius 1 is 0.951 bits per heavy atom. The summed E-state index contributed by atoms with van der Waals surface area (Å²) in [6.07, 6.45) is -0.393. The largest absolute Gasteiger partial charge is 0.444 e. The molecule has 0 aromatic heterocycles. The van der Waals surface area contributed by atoms with E-state index in [4.69, 9.17) is 4.74 Å². The van der Waals surface area contributed by atoms with Crippen LogP contribution in [0.3, 0.4) is 0 Å². The molecule has 220 valence electrons. The maximum absolute atomic E-state index is 14.2. The number of alkyl carbamates (subject to hydrolysis) is 1. The van der Waals surface area contributed by atoms with Gasteiger partial charge in [0.05, 0.1) is 6.61 Å². The molecule has 0 spiro atoms. The number of benzene rings is 3. The van der Waals surface area contributed by atoms with Gasteiger partial charge in [-0.15, -0.1) is 0 Å². The number of fused-ring (bicyclic) bond motifs is 1. The van der Waals surface area contributed by atoms with Crippen molar-refractivity contribution < 1.29 is 24.2 Å². The monoisotopic (exact) mass is 561 g/mol. The number of aliphatic hydroxyl groups is 1. The van der Waals surface area contributed by atoms with E-state index in [1.54, 1.807) is 20.8 Å². The first kappa shape index (κ1) is 31.6. The van der Waals surface area contributed by atoms with Crippen LogP contribution < -0.4 is 10.6 Å². The van der Waals surface area contributed by atoms with E-state index in [1.165, 1.54) is 4.90 Å². The lowest BCUT2D eigenvalue weighted by atomic mass is 9.95. The molecule has 8 nitrogen and oxygen atoms in total. The van der Waals surface area contributed by atoms with Gasteiger partial charge in [-0.1, -0.05) is 67.9 Å². The van der Waals surface area contributed by atoms with Crippen LogP contribution in [0.15, 0.2) is 60.7 Å². The lowest BCUT2D eigenvalue weighted by molar-refractivity contribution is -0.141. The Morgan fingerprint density at radius 2 is 1.63 bits per heavy atom. The molecule has 0 bridgehead atoms. The fourth-order valence-electron chi connectivity index (χ4n) is 4.88. The van der Waals surface area contributed by atoms with Crippen LogP contribution in [-0.2, 0) is 14.3 Å². The molecule has 3 rings (SSSR count). The Labute approximate surface area is 243 Å². The molecule has 3 N–H and O–H groups in total. The maximum atomic E-state index is 14.2. The molecule has 3 aromatic carbocycles. The van der Waals surface area contributed by atoms with E-state index in [0.29, 0.717) is 17.7 Å². The fraction of sp³-hybridized carbons (Fsp3) is 0.424. The van der Waals surface area contributed by atoms with E-state index in [2.05, 4.69) is 10.6 Å². The lowest BCUT2D eigenvalue weighted by Gasteiger charge is -2.35. The first-order chi connectivity index (χ1) is 19.3. The third-order valence-electron chi connectivity index (χ3n) is 6.62. The van der Waals surface area contributed by atoms with Crippen molar-refractivity contribution in [2.24, 2.45) is 5.92 Å². The molecule has 0 fully saturated rings. The van der Waals surface area contributed by atoms with Gasteiger partial charge in [-0.3, -0.25) is 9.59 Å². The average Bonchev–Trinajstić information content (AvgIpc) is 2.87. The quantitative estimate of drug-likeness (QED) is 0.286. The van der Waals surface area contributed by atoms with Crippen molar-refractivity contribution in [3.05, 3.63) is 77.4 Å². The van der Waals surface area contributed by atoms with Crippen LogP contribution in [0, 0.1) is 19.8 Å². The van der Waals surface area contributed by atoms with Gasteiger partial charge in [-0.2, -0.15) is 0 Å². The second-order valence-electron chi connectivity index (χ2n) is 11.9. The number of nitrogens with one attached hydrogen (secondary N) is 2. The van der Waals surface area contributed by atoms with E-state index in [1.807, 2.05) is 88.4 Å². The summed E-state index contributed by atoms with van der Waals surface area (Å²) in [6.45, 7) is 12.5. The third kappa shape index (κ3) is 8.79. The molecule has 8 heteroatoms. The zero-order valence-corrected chi connectivity index (χ0v) is 25.2. The van der Waals surface area contributed by atoms with Gasteiger partial charge in [-0.05, 0) is 81.0 Å². The number of amides is 3. The lowest BCUT2D eigenvalue weighted by Crippen LogP contribution is -2.53. The molecular formula is C33H43N3O5. The van der Waals surface area contributed by atoms with Gasteiger partial charge < -0.3 is 25.4 Å². The summed E-state index contributed by atoms with van der Waals surface area (Å²) in [5, 5.41) is 17.8. The van der Waals surface area contributed by atoms with Crippen LogP contribution in [0.1, 0.15) is 63.8 Å². The van der Waals surface area contributed by atoms with Gasteiger partial charge in [0, 0.05) is 12.2 Å². The molecule has 0 saturated carbocycles. The number of nitrogens with zero attached hydrogens (tertiary/aromatic N) is 1. The number of aryl methyl sites for hydroxylation is 2. The van der Waals surface area contributed by atoms with Crippen molar-refractivity contribution in [2.75, 3.05) is 18.5 Å². The van der Waals surface area contributed by atoms with Crippen LogP contribution in [-0.4, -0.2) is 52.7 Å². The number of hydrogen-bond donors (Lipinski definition) is 3. The normalized spacial score (nSPS) is 13.0. The molecule has 3 aromatic rings. The third-order valence-corrected chi connectivity index (χ3v) is 6.62. The van der Waals surface area contributed by atoms with Crippen molar-refractivity contribution in [3.63, 3.8) is 0 Å². The fourth-order valence-corrected chi connectivity index (χ4v) is 4.88.